The lowest BCUT2D eigenvalue weighted by atomic mass is 9.79. The molecule has 0 aliphatic heterocycles. The minimum absolute atomic E-state index is 0.833. The molecule has 5 unspecified atom stereocenters. The van der Waals surface area contributed by atoms with Crippen molar-refractivity contribution in [3.63, 3.8) is 0 Å². The van der Waals surface area contributed by atoms with Gasteiger partial charge in [0, 0.05) is 6.04 Å². The van der Waals surface area contributed by atoms with Crippen LogP contribution in [0.1, 0.15) is 38.5 Å². The summed E-state index contributed by atoms with van der Waals surface area (Å²) in [6.07, 6.45) is 8.73. The van der Waals surface area contributed by atoms with E-state index < -0.39 is 0 Å². The van der Waals surface area contributed by atoms with E-state index >= 15 is 0 Å². The van der Waals surface area contributed by atoms with Crippen molar-refractivity contribution in [2.75, 3.05) is 13.1 Å². The zero-order valence-electron chi connectivity index (χ0n) is 9.62. The van der Waals surface area contributed by atoms with Crippen molar-refractivity contribution in [1.29, 1.82) is 0 Å². The zero-order chi connectivity index (χ0) is 10.3. The molecule has 2 heteroatoms. The van der Waals surface area contributed by atoms with Gasteiger partial charge in [0.25, 0.3) is 0 Å². The normalized spacial score (nSPS) is 47.4. The average Bonchev–Trinajstić information content (AvgIpc) is 2.89. The summed E-state index contributed by atoms with van der Waals surface area (Å²) in [7, 11) is 0. The van der Waals surface area contributed by atoms with Crippen LogP contribution in [0, 0.1) is 23.7 Å². The van der Waals surface area contributed by atoms with Gasteiger partial charge in [0.2, 0.25) is 0 Å². The molecule has 3 fully saturated rings. The molecule has 0 amide bonds. The van der Waals surface area contributed by atoms with E-state index in [-0.39, 0.29) is 0 Å². The first-order valence-corrected chi connectivity index (χ1v) is 6.83. The summed E-state index contributed by atoms with van der Waals surface area (Å²) < 4.78 is 0. The maximum Gasteiger partial charge on any atom is 0.0101 e. The Hall–Kier alpha value is -0.0800. The molecule has 0 saturated heterocycles. The fourth-order valence-corrected chi connectivity index (χ4v) is 4.69. The molecule has 0 spiro atoms. The van der Waals surface area contributed by atoms with Crippen LogP contribution in [0.2, 0.25) is 0 Å². The average molecular weight is 208 g/mol. The molecule has 86 valence electrons. The fourth-order valence-electron chi connectivity index (χ4n) is 4.69. The standard InChI is InChI=1S/C13H24N2/c14-5-2-6-15-13-8-9-7-12(13)11-4-1-3-10(9)11/h9-13,15H,1-8,14H2. The van der Waals surface area contributed by atoms with Gasteiger partial charge in [-0.15, -0.1) is 0 Å². The van der Waals surface area contributed by atoms with Crippen LogP contribution in [0.25, 0.3) is 0 Å². The maximum atomic E-state index is 5.53. The summed E-state index contributed by atoms with van der Waals surface area (Å²) in [5, 5.41) is 3.75. The Balaban J connectivity index is 1.56. The third-order valence-corrected chi connectivity index (χ3v) is 5.22. The quantitative estimate of drug-likeness (QED) is 0.691. The van der Waals surface area contributed by atoms with Gasteiger partial charge in [0.05, 0.1) is 0 Å². The highest BCUT2D eigenvalue weighted by Crippen LogP contribution is 2.58. The number of hydrogen-bond acceptors (Lipinski definition) is 2. The molecular formula is C13H24N2. The third-order valence-electron chi connectivity index (χ3n) is 5.22. The second kappa shape index (κ2) is 4.06. The highest BCUT2D eigenvalue weighted by molar-refractivity contribution is 5.05. The van der Waals surface area contributed by atoms with E-state index in [9.17, 15) is 0 Å². The van der Waals surface area contributed by atoms with E-state index in [1.807, 2.05) is 0 Å². The van der Waals surface area contributed by atoms with Gasteiger partial charge < -0.3 is 11.1 Å². The molecular weight excluding hydrogens is 184 g/mol. The summed E-state index contributed by atoms with van der Waals surface area (Å²) in [6.45, 7) is 1.97. The minimum atomic E-state index is 0.833. The monoisotopic (exact) mass is 208 g/mol. The van der Waals surface area contributed by atoms with Crippen molar-refractivity contribution < 1.29 is 0 Å². The first-order valence-electron chi connectivity index (χ1n) is 6.83. The number of rotatable bonds is 4. The lowest BCUT2D eigenvalue weighted by molar-refractivity contribution is 0.209. The highest BCUT2D eigenvalue weighted by Gasteiger charge is 2.53. The molecule has 3 saturated carbocycles. The van der Waals surface area contributed by atoms with Gasteiger partial charge in [-0.1, -0.05) is 6.42 Å². The smallest absolute Gasteiger partial charge is 0.0101 e. The number of fused-ring (bicyclic) bond motifs is 5. The van der Waals surface area contributed by atoms with Gasteiger partial charge in [-0.2, -0.15) is 0 Å². The SMILES string of the molecule is NCCCNC1CC2CC1C1CCCC21. The molecule has 0 aromatic carbocycles. The summed E-state index contributed by atoms with van der Waals surface area (Å²) in [5.74, 6) is 4.33. The molecule has 3 N–H and O–H groups in total. The van der Waals surface area contributed by atoms with Gasteiger partial charge in [0.1, 0.15) is 0 Å². The van der Waals surface area contributed by atoms with Crippen LogP contribution >= 0.6 is 0 Å². The second-order valence-corrected chi connectivity index (χ2v) is 5.86. The zero-order valence-corrected chi connectivity index (χ0v) is 9.62. The van der Waals surface area contributed by atoms with E-state index in [1.54, 1.807) is 6.42 Å². The van der Waals surface area contributed by atoms with Gasteiger partial charge in [-0.05, 0) is 68.9 Å². The fraction of sp³-hybridized carbons (Fsp3) is 1.00. The molecule has 0 aromatic heterocycles. The lowest BCUT2D eigenvalue weighted by Crippen LogP contribution is -2.40. The maximum absolute atomic E-state index is 5.53. The summed E-state index contributed by atoms with van der Waals surface area (Å²) in [5.41, 5.74) is 5.53. The number of nitrogens with one attached hydrogen (secondary N) is 1. The molecule has 3 aliphatic carbocycles. The summed E-state index contributed by atoms with van der Waals surface area (Å²) >= 11 is 0. The molecule has 0 radical (unpaired) electrons. The van der Waals surface area contributed by atoms with Crippen LogP contribution < -0.4 is 11.1 Å². The van der Waals surface area contributed by atoms with Crippen molar-refractivity contribution in [3.8, 4) is 0 Å². The Morgan fingerprint density at radius 1 is 1.07 bits per heavy atom. The number of nitrogens with two attached hydrogens (primary N) is 1. The summed E-state index contributed by atoms with van der Waals surface area (Å²) in [6, 6.07) is 0.848. The van der Waals surface area contributed by atoms with Gasteiger partial charge in [-0.25, -0.2) is 0 Å². The van der Waals surface area contributed by atoms with Gasteiger partial charge in [0.15, 0.2) is 0 Å². The van der Waals surface area contributed by atoms with Crippen molar-refractivity contribution in [1.82, 2.24) is 5.32 Å². The van der Waals surface area contributed by atoms with Crippen LogP contribution in [0.4, 0.5) is 0 Å². The Bertz CT molecular complexity index is 229. The minimum Gasteiger partial charge on any atom is -0.330 e. The lowest BCUT2D eigenvalue weighted by Gasteiger charge is -2.32. The van der Waals surface area contributed by atoms with Crippen LogP contribution in [-0.4, -0.2) is 19.1 Å². The highest BCUT2D eigenvalue weighted by atomic mass is 14.9. The van der Waals surface area contributed by atoms with Crippen LogP contribution in [0.5, 0.6) is 0 Å². The molecule has 2 bridgehead atoms. The second-order valence-electron chi connectivity index (χ2n) is 5.86. The van der Waals surface area contributed by atoms with Crippen molar-refractivity contribution in [2.24, 2.45) is 29.4 Å². The van der Waals surface area contributed by atoms with E-state index in [0.29, 0.717) is 0 Å². The Morgan fingerprint density at radius 3 is 2.80 bits per heavy atom. The molecule has 15 heavy (non-hydrogen) atoms. The van der Waals surface area contributed by atoms with E-state index in [2.05, 4.69) is 5.32 Å². The predicted molar refractivity (Wildman–Crippen MR) is 62.5 cm³/mol. The molecule has 0 aromatic rings. The first kappa shape index (κ1) is 10.1. The number of hydrogen-bond donors (Lipinski definition) is 2. The predicted octanol–water partition coefficient (Wildman–Crippen LogP) is 1.75. The molecule has 2 nitrogen and oxygen atoms in total. The van der Waals surface area contributed by atoms with Crippen LogP contribution in [-0.2, 0) is 0 Å². The molecule has 0 heterocycles. The topological polar surface area (TPSA) is 38.0 Å². The first-order chi connectivity index (χ1) is 7.40. The van der Waals surface area contributed by atoms with Gasteiger partial charge in [-0.3, -0.25) is 0 Å². The van der Waals surface area contributed by atoms with Crippen molar-refractivity contribution in [3.05, 3.63) is 0 Å². The van der Waals surface area contributed by atoms with Gasteiger partial charge >= 0.3 is 0 Å². The largest absolute Gasteiger partial charge is 0.330 e. The molecule has 3 rings (SSSR count). The third kappa shape index (κ3) is 1.62. The van der Waals surface area contributed by atoms with Crippen molar-refractivity contribution >= 4 is 0 Å². The molecule has 3 aliphatic rings. The Kier molecular flexibility index (Phi) is 2.73. The van der Waals surface area contributed by atoms with E-state index in [1.165, 1.54) is 25.7 Å². The van der Waals surface area contributed by atoms with Crippen molar-refractivity contribution in [2.45, 2.75) is 44.6 Å². The van der Waals surface area contributed by atoms with E-state index in [4.69, 9.17) is 5.73 Å². The molecule has 5 atom stereocenters. The Labute approximate surface area is 93.0 Å². The van der Waals surface area contributed by atoms with Crippen LogP contribution in [0.3, 0.4) is 0 Å². The van der Waals surface area contributed by atoms with E-state index in [0.717, 1.165) is 49.2 Å². The Morgan fingerprint density at radius 2 is 1.93 bits per heavy atom. The van der Waals surface area contributed by atoms with Crippen LogP contribution in [0.15, 0.2) is 0 Å². The summed E-state index contributed by atoms with van der Waals surface area (Å²) in [4.78, 5) is 0.